The molecule has 6 heteroatoms. The van der Waals surface area contributed by atoms with Crippen molar-refractivity contribution in [1.29, 1.82) is 0 Å². The first-order valence-corrected chi connectivity index (χ1v) is 11.4. The summed E-state index contributed by atoms with van der Waals surface area (Å²) in [5.41, 5.74) is 4.83. The van der Waals surface area contributed by atoms with Gasteiger partial charge in [-0.1, -0.05) is 6.07 Å². The van der Waals surface area contributed by atoms with E-state index >= 15 is 0 Å². The van der Waals surface area contributed by atoms with Gasteiger partial charge in [0.1, 0.15) is 18.1 Å². The normalized spacial score (nSPS) is 14.0. The highest BCUT2D eigenvalue weighted by atomic mass is 16.5. The van der Waals surface area contributed by atoms with Crippen LogP contribution in [0.25, 0.3) is 0 Å². The van der Waals surface area contributed by atoms with Gasteiger partial charge in [-0.05, 0) is 73.9 Å². The number of anilines is 1. The SMILES string of the molecule is COc1ccc(N2CCCN(C(=O)c3cc(C)c(OCc4cccnc4)c(C)c3)CC2)cc1. The van der Waals surface area contributed by atoms with Crippen LogP contribution in [0.15, 0.2) is 60.9 Å². The molecule has 0 unspecified atom stereocenters. The number of pyridine rings is 1. The van der Waals surface area contributed by atoms with Gasteiger partial charge in [0.05, 0.1) is 7.11 Å². The zero-order chi connectivity index (χ0) is 23.2. The Bertz CT molecular complexity index is 1060. The molecule has 0 bridgehead atoms. The molecule has 1 aliphatic heterocycles. The Kier molecular flexibility index (Phi) is 7.13. The Hall–Kier alpha value is -3.54. The maximum atomic E-state index is 13.3. The van der Waals surface area contributed by atoms with Gasteiger partial charge in [0.2, 0.25) is 0 Å². The van der Waals surface area contributed by atoms with Gasteiger partial charge in [0.25, 0.3) is 5.91 Å². The largest absolute Gasteiger partial charge is 0.497 e. The number of benzene rings is 2. The zero-order valence-corrected chi connectivity index (χ0v) is 19.6. The van der Waals surface area contributed by atoms with E-state index in [-0.39, 0.29) is 5.91 Å². The first kappa shape index (κ1) is 22.6. The second kappa shape index (κ2) is 10.4. The fraction of sp³-hybridized carbons (Fsp3) is 0.333. The van der Waals surface area contributed by atoms with Crippen LogP contribution in [0.4, 0.5) is 5.69 Å². The Balaban J connectivity index is 1.41. The van der Waals surface area contributed by atoms with Crippen LogP contribution < -0.4 is 14.4 Å². The number of rotatable bonds is 6. The number of hydrogen-bond donors (Lipinski definition) is 0. The molecule has 1 aliphatic rings. The summed E-state index contributed by atoms with van der Waals surface area (Å²) in [6.07, 6.45) is 4.48. The average molecular weight is 446 g/mol. The third-order valence-electron chi connectivity index (χ3n) is 6.03. The summed E-state index contributed by atoms with van der Waals surface area (Å²) < 4.78 is 11.3. The first-order valence-electron chi connectivity index (χ1n) is 11.4. The van der Waals surface area contributed by atoms with Gasteiger partial charge in [0, 0.05) is 55.4 Å². The number of ether oxygens (including phenoxy) is 2. The van der Waals surface area contributed by atoms with E-state index in [2.05, 4.69) is 22.0 Å². The van der Waals surface area contributed by atoms with Gasteiger partial charge in [-0.15, -0.1) is 0 Å². The number of hydrogen-bond acceptors (Lipinski definition) is 5. The Morgan fingerprint density at radius 3 is 2.42 bits per heavy atom. The summed E-state index contributed by atoms with van der Waals surface area (Å²) in [5.74, 6) is 1.76. The van der Waals surface area contributed by atoms with Crippen molar-refractivity contribution in [2.24, 2.45) is 0 Å². The van der Waals surface area contributed by atoms with E-state index in [1.807, 2.05) is 55.1 Å². The standard InChI is InChI=1S/C27H31N3O3/c1-20-16-23(17-21(2)26(20)33-19-22-6-4-11-28-18-22)27(31)30-13-5-12-29(14-15-30)24-7-9-25(32-3)10-8-24/h4,6-11,16-18H,5,12-15,19H2,1-3H3. The van der Waals surface area contributed by atoms with Crippen molar-refractivity contribution in [1.82, 2.24) is 9.88 Å². The van der Waals surface area contributed by atoms with Crippen LogP contribution >= 0.6 is 0 Å². The molecule has 0 N–H and O–H groups in total. The molecule has 1 saturated heterocycles. The first-order chi connectivity index (χ1) is 16.0. The van der Waals surface area contributed by atoms with E-state index in [0.29, 0.717) is 13.2 Å². The predicted molar refractivity (Wildman–Crippen MR) is 130 cm³/mol. The molecule has 1 fully saturated rings. The number of aryl methyl sites for hydroxylation is 2. The maximum absolute atomic E-state index is 13.3. The summed E-state index contributed by atoms with van der Waals surface area (Å²) >= 11 is 0. The van der Waals surface area contributed by atoms with Crippen LogP contribution in [-0.2, 0) is 6.61 Å². The second-order valence-corrected chi connectivity index (χ2v) is 8.42. The number of nitrogens with zero attached hydrogens (tertiary/aromatic N) is 3. The number of carbonyl (C=O) groups is 1. The molecule has 6 nitrogen and oxygen atoms in total. The van der Waals surface area contributed by atoms with Gasteiger partial charge in [-0.3, -0.25) is 9.78 Å². The molecular weight excluding hydrogens is 414 g/mol. The summed E-state index contributed by atoms with van der Waals surface area (Å²) in [6.45, 7) is 7.63. The molecule has 3 aromatic rings. The highest BCUT2D eigenvalue weighted by Crippen LogP contribution is 2.27. The molecular formula is C27H31N3O3. The van der Waals surface area contributed by atoms with Crippen LogP contribution in [0, 0.1) is 13.8 Å². The fourth-order valence-electron chi connectivity index (χ4n) is 4.29. The van der Waals surface area contributed by atoms with Crippen molar-refractivity contribution in [2.75, 3.05) is 38.2 Å². The summed E-state index contributed by atoms with van der Waals surface area (Å²) in [5, 5.41) is 0. The van der Waals surface area contributed by atoms with E-state index in [1.165, 1.54) is 0 Å². The number of methoxy groups -OCH3 is 1. The third-order valence-corrected chi connectivity index (χ3v) is 6.03. The Labute approximate surface area is 195 Å². The lowest BCUT2D eigenvalue weighted by atomic mass is 10.0. The van der Waals surface area contributed by atoms with Crippen molar-refractivity contribution >= 4 is 11.6 Å². The van der Waals surface area contributed by atoms with Gasteiger partial charge in [-0.25, -0.2) is 0 Å². The van der Waals surface area contributed by atoms with Crippen molar-refractivity contribution in [2.45, 2.75) is 26.9 Å². The lowest BCUT2D eigenvalue weighted by Crippen LogP contribution is -2.35. The molecule has 33 heavy (non-hydrogen) atoms. The Morgan fingerprint density at radius 1 is 1.00 bits per heavy atom. The number of aromatic nitrogens is 1. The smallest absolute Gasteiger partial charge is 0.253 e. The van der Waals surface area contributed by atoms with Crippen LogP contribution in [-0.4, -0.2) is 49.1 Å². The van der Waals surface area contributed by atoms with E-state index in [0.717, 1.165) is 65.5 Å². The minimum absolute atomic E-state index is 0.0802. The van der Waals surface area contributed by atoms with E-state index in [4.69, 9.17) is 9.47 Å². The minimum Gasteiger partial charge on any atom is -0.497 e. The molecule has 2 heterocycles. The zero-order valence-electron chi connectivity index (χ0n) is 19.6. The van der Waals surface area contributed by atoms with Crippen LogP contribution in [0.2, 0.25) is 0 Å². The molecule has 0 atom stereocenters. The van der Waals surface area contributed by atoms with Crippen molar-refractivity contribution in [3.05, 3.63) is 83.2 Å². The molecule has 0 spiro atoms. The highest BCUT2D eigenvalue weighted by Gasteiger charge is 2.22. The molecule has 0 saturated carbocycles. The lowest BCUT2D eigenvalue weighted by Gasteiger charge is -2.24. The van der Waals surface area contributed by atoms with Gasteiger partial charge >= 0.3 is 0 Å². The number of amides is 1. The van der Waals surface area contributed by atoms with E-state index in [9.17, 15) is 4.79 Å². The van der Waals surface area contributed by atoms with Crippen LogP contribution in [0.3, 0.4) is 0 Å². The molecule has 172 valence electrons. The monoisotopic (exact) mass is 445 g/mol. The highest BCUT2D eigenvalue weighted by molar-refractivity contribution is 5.95. The number of carbonyl (C=O) groups excluding carboxylic acids is 1. The van der Waals surface area contributed by atoms with Crippen molar-refractivity contribution < 1.29 is 14.3 Å². The van der Waals surface area contributed by atoms with Gasteiger partial charge in [0.15, 0.2) is 0 Å². The molecule has 4 rings (SSSR count). The topological polar surface area (TPSA) is 54.9 Å². The van der Waals surface area contributed by atoms with Crippen molar-refractivity contribution in [3.8, 4) is 11.5 Å². The summed E-state index contributed by atoms with van der Waals surface area (Å²) in [6, 6.07) is 15.9. The van der Waals surface area contributed by atoms with E-state index < -0.39 is 0 Å². The van der Waals surface area contributed by atoms with Crippen LogP contribution in [0.1, 0.15) is 33.5 Å². The molecule has 0 aliphatic carbocycles. The summed E-state index contributed by atoms with van der Waals surface area (Å²) in [4.78, 5) is 21.7. The predicted octanol–water partition coefficient (Wildman–Crippen LogP) is 4.64. The molecule has 0 radical (unpaired) electrons. The quantitative estimate of drug-likeness (QED) is 0.553. The maximum Gasteiger partial charge on any atom is 0.253 e. The third kappa shape index (κ3) is 5.45. The Morgan fingerprint density at radius 2 is 1.76 bits per heavy atom. The average Bonchev–Trinajstić information content (AvgIpc) is 3.10. The van der Waals surface area contributed by atoms with Crippen molar-refractivity contribution in [3.63, 3.8) is 0 Å². The fourth-order valence-corrected chi connectivity index (χ4v) is 4.29. The molecule has 1 aromatic heterocycles. The van der Waals surface area contributed by atoms with Gasteiger partial charge < -0.3 is 19.3 Å². The van der Waals surface area contributed by atoms with E-state index in [1.54, 1.807) is 19.5 Å². The minimum atomic E-state index is 0.0802. The molecule has 1 amide bonds. The summed E-state index contributed by atoms with van der Waals surface area (Å²) in [7, 11) is 1.67. The molecule has 2 aromatic carbocycles. The lowest BCUT2D eigenvalue weighted by molar-refractivity contribution is 0.0766. The van der Waals surface area contributed by atoms with Crippen LogP contribution in [0.5, 0.6) is 11.5 Å². The second-order valence-electron chi connectivity index (χ2n) is 8.42. The van der Waals surface area contributed by atoms with Gasteiger partial charge in [-0.2, -0.15) is 0 Å².